The lowest BCUT2D eigenvalue weighted by molar-refractivity contribution is 0.906. The molecule has 0 amide bonds. The van der Waals surface area contributed by atoms with Crippen LogP contribution in [0.1, 0.15) is 0 Å². The van der Waals surface area contributed by atoms with Gasteiger partial charge in [0.2, 0.25) is 0 Å². The van der Waals surface area contributed by atoms with E-state index >= 15 is 0 Å². The second-order valence-electron chi connectivity index (χ2n) is 3.93. The van der Waals surface area contributed by atoms with Gasteiger partial charge in [-0.2, -0.15) is 10.1 Å². The van der Waals surface area contributed by atoms with Crippen molar-refractivity contribution in [3.8, 4) is 5.82 Å². The number of hydrogen-bond donors (Lipinski definition) is 2. The van der Waals surface area contributed by atoms with Crippen molar-refractivity contribution in [3.63, 3.8) is 0 Å². The predicted molar refractivity (Wildman–Crippen MR) is 74.0 cm³/mol. The van der Waals surface area contributed by atoms with Crippen molar-refractivity contribution < 1.29 is 0 Å². The molecule has 1 aromatic carbocycles. The fourth-order valence-corrected chi connectivity index (χ4v) is 2.16. The zero-order chi connectivity index (χ0) is 13.4. The Bertz CT molecular complexity index is 794. The van der Waals surface area contributed by atoms with E-state index in [2.05, 4.69) is 20.5 Å². The maximum atomic E-state index is 12.1. The third kappa shape index (κ3) is 1.86. The quantitative estimate of drug-likeness (QED) is 0.748. The molecule has 2 heterocycles. The Balaban J connectivity index is 2.48. The van der Waals surface area contributed by atoms with Crippen LogP contribution in [0, 0.1) is 0 Å². The molecule has 0 spiro atoms. The third-order valence-corrected chi connectivity index (χ3v) is 3.05. The van der Waals surface area contributed by atoms with Crippen LogP contribution >= 0.6 is 11.6 Å². The van der Waals surface area contributed by atoms with Gasteiger partial charge in [0.1, 0.15) is 11.6 Å². The Kier molecular flexibility index (Phi) is 2.72. The van der Waals surface area contributed by atoms with Crippen LogP contribution in [-0.2, 0) is 0 Å². The minimum atomic E-state index is -0.400. The fourth-order valence-electron chi connectivity index (χ4n) is 2.00. The highest BCUT2D eigenvalue weighted by atomic mass is 35.5. The molecule has 0 bridgehead atoms. The summed E-state index contributed by atoms with van der Waals surface area (Å²) >= 11 is 6.02. The van der Waals surface area contributed by atoms with E-state index in [0.717, 1.165) is 5.39 Å². The first-order valence-electron chi connectivity index (χ1n) is 5.60. The van der Waals surface area contributed by atoms with Crippen LogP contribution in [0.25, 0.3) is 16.7 Å². The first-order chi connectivity index (χ1) is 9.20. The number of fused-ring (bicyclic) bond motifs is 1. The van der Waals surface area contributed by atoms with Crippen LogP contribution in [0.4, 0.5) is 5.82 Å². The first kappa shape index (κ1) is 11.7. The summed E-state index contributed by atoms with van der Waals surface area (Å²) in [4.78, 5) is 16.2. The number of benzene rings is 1. The van der Waals surface area contributed by atoms with Gasteiger partial charge in [-0.15, -0.1) is 0 Å². The monoisotopic (exact) mass is 275 g/mol. The Morgan fingerprint density at radius 1 is 1.37 bits per heavy atom. The van der Waals surface area contributed by atoms with Gasteiger partial charge in [0, 0.05) is 23.5 Å². The molecule has 0 fully saturated rings. The summed E-state index contributed by atoms with van der Waals surface area (Å²) in [6.45, 7) is 0. The van der Waals surface area contributed by atoms with Crippen molar-refractivity contribution in [2.75, 3.05) is 12.4 Å². The summed E-state index contributed by atoms with van der Waals surface area (Å²) in [7, 11) is 1.72. The number of H-pyrrole nitrogens is 1. The minimum absolute atomic E-state index is 0.400. The molecule has 0 saturated carbocycles. The van der Waals surface area contributed by atoms with Crippen molar-refractivity contribution in [2.24, 2.45) is 0 Å². The second kappa shape index (κ2) is 4.40. The fraction of sp³-hybridized carbons (Fsp3) is 0.0833. The van der Waals surface area contributed by atoms with Crippen LogP contribution in [0.15, 0.2) is 35.3 Å². The number of hydrogen-bond acceptors (Lipinski definition) is 4. The Morgan fingerprint density at radius 2 is 2.21 bits per heavy atom. The summed E-state index contributed by atoms with van der Waals surface area (Å²) in [5.41, 5.74) is 0.268. The number of anilines is 1. The number of aromatic nitrogens is 4. The Hall–Kier alpha value is -2.34. The summed E-state index contributed by atoms with van der Waals surface area (Å²) in [5.74, 6) is 1.07. The standard InChI is InChI=1S/C12H10ClN5O/c1-14-11-8-3-2-7(13)6-9(8)18(12(19)16-11)10-4-5-15-17-10/h2-6H,1H3,(H,15,17)(H,14,16,19). The molecule has 0 aliphatic heterocycles. The van der Waals surface area contributed by atoms with Crippen molar-refractivity contribution in [2.45, 2.75) is 0 Å². The smallest absolute Gasteiger partial charge is 0.355 e. The Labute approximate surface area is 113 Å². The lowest BCUT2D eigenvalue weighted by Gasteiger charge is -2.10. The topological polar surface area (TPSA) is 75.6 Å². The highest BCUT2D eigenvalue weighted by Gasteiger charge is 2.12. The van der Waals surface area contributed by atoms with E-state index in [1.807, 2.05) is 6.07 Å². The van der Waals surface area contributed by atoms with Gasteiger partial charge >= 0.3 is 5.69 Å². The van der Waals surface area contributed by atoms with Gasteiger partial charge < -0.3 is 5.32 Å². The SMILES string of the molecule is CNc1nc(=O)n(-c2ccn[nH]2)c2cc(Cl)ccc12. The molecule has 6 nitrogen and oxygen atoms in total. The van der Waals surface area contributed by atoms with Crippen molar-refractivity contribution in [1.29, 1.82) is 0 Å². The molecule has 2 N–H and O–H groups in total. The van der Waals surface area contributed by atoms with Gasteiger partial charge in [-0.05, 0) is 18.2 Å². The van der Waals surface area contributed by atoms with E-state index in [0.29, 0.717) is 22.2 Å². The maximum absolute atomic E-state index is 12.1. The third-order valence-electron chi connectivity index (χ3n) is 2.82. The zero-order valence-corrected chi connectivity index (χ0v) is 10.8. The van der Waals surface area contributed by atoms with Crippen LogP contribution in [0.2, 0.25) is 5.02 Å². The summed E-state index contributed by atoms with van der Waals surface area (Å²) in [6.07, 6.45) is 1.57. The molecule has 0 unspecified atom stereocenters. The van der Waals surface area contributed by atoms with Gasteiger partial charge in [0.25, 0.3) is 0 Å². The normalized spacial score (nSPS) is 10.8. The van der Waals surface area contributed by atoms with Crippen LogP contribution in [0.3, 0.4) is 0 Å². The van der Waals surface area contributed by atoms with E-state index in [9.17, 15) is 4.79 Å². The van der Waals surface area contributed by atoms with E-state index < -0.39 is 5.69 Å². The van der Waals surface area contributed by atoms with Crippen LogP contribution < -0.4 is 11.0 Å². The van der Waals surface area contributed by atoms with E-state index in [4.69, 9.17) is 11.6 Å². The minimum Gasteiger partial charge on any atom is -0.372 e. The molecule has 0 atom stereocenters. The molecule has 7 heteroatoms. The Morgan fingerprint density at radius 3 is 2.89 bits per heavy atom. The first-order valence-corrected chi connectivity index (χ1v) is 5.98. The molecule has 0 radical (unpaired) electrons. The number of nitrogens with one attached hydrogen (secondary N) is 2. The van der Waals surface area contributed by atoms with Crippen LogP contribution in [-0.4, -0.2) is 26.8 Å². The van der Waals surface area contributed by atoms with Gasteiger partial charge in [-0.3, -0.25) is 5.10 Å². The lowest BCUT2D eigenvalue weighted by atomic mass is 10.2. The average Bonchev–Trinajstić information content (AvgIpc) is 2.91. The number of aromatic amines is 1. The summed E-state index contributed by atoms with van der Waals surface area (Å²) in [5, 5.41) is 10.9. The van der Waals surface area contributed by atoms with Gasteiger partial charge in [0.15, 0.2) is 0 Å². The van der Waals surface area contributed by atoms with Gasteiger partial charge in [-0.1, -0.05) is 11.6 Å². The van der Waals surface area contributed by atoms with E-state index in [1.165, 1.54) is 4.57 Å². The van der Waals surface area contributed by atoms with Gasteiger partial charge in [0.05, 0.1) is 11.7 Å². The van der Waals surface area contributed by atoms with Crippen molar-refractivity contribution >= 4 is 28.3 Å². The summed E-state index contributed by atoms with van der Waals surface area (Å²) in [6, 6.07) is 7.00. The van der Waals surface area contributed by atoms with Crippen molar-refractivity contribution in [1.82, 2.24) is 19.7 Å². The predicted octanol–water partition coefficient (Wildman–Crippen LogP) is 1.80. The molecule has 3 aromatic rings. The zero-order valence-electron chi connectivity index (χ0n) is 10.0. The lowest BCUT2D eigenvalue weighted by Crippen LogP contribution is -2.23. The highest BCUT2D eigenvalue weighted by molar-refractivity contribution is 6.31. The molecule has 0 saturated heterocycles. The molecule has 0 aliphatic carbocycles. The number of rotatable bonds is 2. The van der Waals surface area contributed by atoms with Crippen molar-refractivity contribution in [3.05, 3.63) is 46.0 Å². The van der Waals surface area contributed by atoms with E-state index in [1.54, 1.807) is 31.4 Å². The van der Waals surface area contributed by atoms with Crippen LogP contribution in [0.5, 0.6) is 0 Å². The number of halogens is 1. The maximum Gasteiger partial charge on any atom is 0.355 e. The van der Waals surface area contributed by atoms with Gasteiger partial charge in [-0.25, -0.2) is 9.36 Å². The second-order valence-corrected chi connectivity index (χ2v) is 4.37. The highest BCUT2D eigenvalue weighted by Crippen LogP contribution is 2.24. The van der Waals surface area contributed by atoms with E-state index in [-0.39, 0.29) is 0 Å². The summed E-state index contributed by atoms with van der Waals surface area (Å²) < 4.78 is 1.44. The molecule has 19 heavy (non-hydrogen) atoms. The number of nitrogens with zero attached hydrogens (tertiary/aromatic N) is 3. The average molecular weight is 276 g/mol. The molecular weight excluding hydrogens is 266 g/mol. The molecule has 0 aliphatic rings. The molecular formula is C12H10ClN5O. The molecule has 3 rings (SSSR count). The largest absolute Gasteiger partial charge is 0.372 e. The molecule has 2 aromatic heterocycles. The molecule has 96 valence electrons.